The van der Waals surface area contributed by atoms with Crippen molar-refractivity contribution in [2.24, 2.45) is 5.92 Å². The lowest BCUT2D eigenvalue weighted by molar-refractivity contribution is 0.133. The molecule has 1 aliphatic heterocycles. The highest BCUT2D eigenvalue weighted by molar-refractivity contribution is 7.15. The average molecular weight is 405 g/mol. The minimum Gasteiger partial charge on any atom is -0.354 e. The van der Waals surface area contributed by atoms with Crippen LogP contribution in [0.3, 0.4) is 0 Å². The Bertz CT molecular complexity index is 733. The fourth-order valence-electron chi connectivity index (χ4n) is 3.95. The lowest BCUT2D eigenvalue weighted by Crippen LogP contribution is -2.41. The van der Waals surface area contributed by atoms with Crippen molar-refractivity contribution in [3.63, 3.8) is 0 Å². The Morgan fingerprint density at radius 3 is 2.89 bits per heavy atom. The Kier molecular flexibility index (Phi) is 7.82. The Balaban J connectivity index is 1.48. The third-order valence-electron chi connectivity index (χ3n) is 5.48. The molecule has 4 nitrogen and oxygen atoms in total. The van der Waals surface area contributed by atoms with Gasteiger partial charge in [-0.05, 0) is 56.0 Å². The van der Waals surface area contributed by atoms with Gasteiger partial charge < -0.3 is 9.80 Å². The van der Waals surface area contributed by atoms with E-state index in [1.165, 1.54) is 30.3 Å². The fraction of sp³-hybridized carbons (Fsp3) is 0.591. The van der Waals surface area contributed by atoms with E-state index < -0.39 is 0 Å². The van der Waals surface area contributed by atoms with E-state index >= 15 is 0 Å². The van der Waals surface area contributed by atoms with Gasteiger partial charge in [0.05, 0.1) is 0 Å². The van der Waals surface area contributed by atoms with Crippen LogP contribution in [0.15, 0.2) is 30.5 Å². The third-order valence-corrected chi connectivity index (χ3v) is 6.63. The van der Waals surface area contributed by atoms with Crippen LogP contribution in [0.2, 0.25) is 0 Å². The summed E-state index contributed by atoms with van der Waals surface area (Å²) in [7, 11) is 4.08. The quantitative estimate of drug-likeness (QED) is 0.627. The Morgan fingerprint density at radius 1 is 1.32 bits per heavy atom. The lowest BCUT2D eigenvalue weighted by atomic mass is 9.97. The number of thiazole rings is 1. The molecule has 0 spiro atoms. The number of nitrogens with zero attached hydrogens (tertiary/aromatic N) is 4. The van der Waals surface area contributed by atoms with E-state index in [-0.39, 0.29) is 5.82 Å². The first-order valence-corrected chi connectivity index (χ1v) is 11.2. The first-order chi connectivity index (χ1) is 13.5. The summed E-state index contributed by atoms with van der Waals surface area (Å²) in [5.74, 6) is 0.579. The van der Waals surface area contributed by atoms with Crippen molar-refractivity contribution in [2.45, 2.75) is 32.7 Å². The average Bonchev–Trinajstić information content (AvgIpc) is 3.15. The van der Waals surface area contributed by atoms with Crippen LogP contribution in [0.5, 0.6) is 0 Å². The zero-order chi connectivity index (χ0) is 19.9. The number of piperidine rings is 1. The Hall–Kier alpha value is -1.50. The summed E-state index contributed by atoms with van der Waals surface area (Å²) < 4.78 is 13.4. The summed E-state index contributed by atoms with van der Waals surface area (Å²) in [6.45, 7) is 8.78. The molecule has 0 bridgehead atoms. The predicted octanol–water partition coefficient (Wildman–Crippen LogP) is 4.12. The van der Waals surface area contributed by atoms with Gasteiger partial charge in [-0.3, -0.25) is 4.90 Å². The highest BCUT2D eigenvalue weighted by atomic mass is 32.1. The zero-order valence-corrected chi connectivity index (χ0v) is 18.2. The van der Waals surface area contributed by atoms with Gasteiger partial charge >= 0.3 is 0 Å². The second kappa shape index (κ2) is 10.3. The summed E-state index contributed by atoms with van der Waals surface area (Å²) in [4.78, 5) is 13.0. The summed E-state index contributed by atoms with van der Waals surface area (Å²) in [6.07, 6.45) is 5.51. The highest BCUT2D eigenvalue weighted by Gasteiger charge is 2.22. The van der Waals surface area contributed by atoms with E-state index in [9.17, 15) is 4.39 Å². The van der Waals surface area contributed by atoms with Gasteiger partial charge in [0.1, 0.15) is 5.82 Å². The molecule has 1 saturated heterocycles. The van der Waals surface area contributed by atoms with Crippen molar-refractivity contribution in [3.8, 4) is 0 Å². The second-order valence-corrected chi connectivity index (χ2v) is 9.11. The summed E-state index contributed by atoms with van der Waals surface area (Å²) >= 11 is 1.79. The Labute approximate surface area is 173 Å². The lowest BCUT2D eigenvalue weighted by Gasteiger charge is -2.35. The Morgan fingerprint density at radius 2 is 2.18 bits per heavy atom. The SMILES string of the molecule is CCN(Cc1cnc(N(C)C)s1)C[C@H]1CCCN(CCc2cccc(F)c2)C1. The van der Waals surface area contributed by atoms with Gasteiger partial charge in [-0.25, -0.2) is 9.37 Å². The fourth-order valence-corrected chi connectivity index (χ4v) is 4.83. The molecule has 0 amide bonds. The van der Waals surface area contributed by atoms with E-state index in [0.29, 0.717) is 5.92 Å². The number of hydrogen-bond acceptors (Lipinski definition) is 5. The van der Waals surface area contributed by atoms with Gasteiger partial charge in [-0.1, -0.05) is 19.1 Å². The standard InChI is InChI=1S/C22H33FN4S/c1-4-26(17-21-14-24-22(28-21)25(2)3)15-19-8-6-11-27(16-19)12-10-18-7-5-9-20(23)13-18/h5,7,9,13-14,19H,4,6,8,10-12,15-17H2,1-3H3/t19-/m1/s1. The molecule has 1 aromatic carbocycles. The molecule has 0 N–H and O–H groups in total. The summed E-state index contributed by atoms with van der Waals surface area (Å²) in [5.41, 5.74) is 1.10. The first kappa shape index (κ1) is 21.2. The number of benzene rings is 1. The normalized spacial score (nSPS) is 18.0. The van der Waals surface area contributed by atoms with E-state index in [0.717, 1.165) is 49.8 Å². The van der Waals surface area contributed by atoms with Crippen LogP contribution in [0, 0.1) is 11.7 Å². The van der Waals surface area contributed by atoms with Gasteiger partial charge in [0.15, 0.2) is 5.13 Å². The third kappa shape index (κ3) is 6.26. The zero-order valence-electron chi connectivity index (χ0n) is 17.4. The molecule has 0 radical (unpaired) electrons. The molecule has 1 aliphatic rings. The first-order valence-electron chi connectivity index (χ1n) is 10.3. The van der Waals surface area contributed by atoms with Gasteiger partial charge in [-0.15, -0.1) is 11.3 Å². The van der Waals surface area contributed by atoms with Crippen molar-refractivity contribution < 1.29 is 4.39 Å². The molecular formula is C22H33FN4S. The van der Waals surface area contributed by atoms with Crippen LogP contribution in [-0.2, 0) is 13.0 Å². The molecule has 0 unspecified atom stereocenters. The largest absolute Gasteiger partial charge is 0.354 e. The van der Waals surface area contributed by atoms with Crippen molar-refractivity contribution in [2.75, 3.05) is 51.7 Å². The van der Waals surface area contributed by atoms with Crippen molar-refractivity contribution in [1.29, 1.82) is 0 Å². The van der Waals surface area contributed by atoms with Crippen LogP contribution < -0.4 is 4.90 Å². The topological polar surface area (TPSA) is 22.6 Å². The van der Waals surface area contributed by atoms with Crippen LogP contribution in [-0.4, -0.2) is 61.6 Å². The van der Waals surface area contributed by atoms with Gasteiger partial charge in [-0.2, -0.15) is 0 Å². The van der Waals surface area contributed by atoms with Crippen molar-refractivity contribution in [3.05, 3.63) is 46.7 Å². The monoisotopic (exact) mass is 404 g/mol. The maximum atomic E-state index is 13.4. The van der Waals surface area contributed by atoms with Crippen molar-refractivity contribution in [1.82, 2.24) is 14.8 Å². The molecule has 0 saturated carbocycles. The number of anilines is 1. The number of rotatable bonds is 9. The maximum absolute atomic E-state index is 13.4. The predicted molar refractivity (Wildman–Crippen MR) is 117 cm³/mol. The minimum atomic E-state index is -0.131. The van der Waals surface area contributed by atoms with E-state index in [4.69, 9.17) is 0 Å². The second-order valence-electron chi connectivity index (χ2n) is 8.02. The number of halogens is 1. The van der Waals surface area contributed by atoms with Gasteiger partial charge in [0, 0.05) is 51.3 Å². The van der Waals surface area contributed by atoms with Crippen LogP contribution in [0.25, 0.3) is 0 Å². The molecule has 6 heteroatoms. The van der Waals surface area contributed by atoms with Crippen LogP contribution in [0.1, 0.15) is 30.2 Å². The molecule has 1 atom stereocenters. The highest BCUT2D eigenvalue weighted by Crippen LogP contribution is 2.23. The molecule has 154 valence electrons. The minimum absolute atomic E-state index is 0.131. The smallest absolute Gasteiger partial charge is 0.185 e. The number of likely N-dealkylation sites (tertiary alicyclic amines) is 1. The molecular weight excluding hydrogens is 371 g/mol. The van der Waals surface area contributed by atoms with Crippen LogP contribution >= 0.6 is 11.3 Å². The molecule has 1 fully saturated rings. The molecule has 2 heterocycles. The molecule has 0 aliphatic carbocycles. The molecule has 1 aromatic heterocycles. The number of hydrogen-bond donors (Lipinski definition) is 0. The van der Waals surface area contributed by atoms with Gasteiger partial charge in [0.2, 0.25) is 0 Å². The van der Waals surface area contributed by atoms with Crippen molar-refractivity contribution >= 4 is 16.5 Å². The summed E-state index contributed by atoms with van der Waals surface area (Å²) in [6, 6.07) is 7.02. The maximum Gasteiger partial charge on any atom is 0.185 e. The molecule has 2 aromatic rings. The number of aromatic nitrogens is 1. The molecule has 3 rings (SSSR count). The van der Waals surface area contributed by atoms with E-state index in [1.807, 2.05) is 32.4 Å². The van der Waals surface area contributed by atoms with E-state index in [1.54, 1.807) is 17.4 Å². The van der Waals surface area contributed by atoms with E-state index in [2.05, 4.69) is 26.6 Å². The summed E-state index contributed by atoms with van der Waals surface area (Å²) in [5, 5.41) is 1.08. The van der Waals surface area contributed by atoms with Crippen LogP contribution in [0.4, 0.5) is 9.52 Å². The van der Waals surface area contributed by atoms with Gasteiger partial charge in [0.25, 0.3) is 0 Å². The molecule has 28 heavy (non-hydrogen) atoms.